The van der Waals surface area contributed by atoms with Gasteiger partial charge in [0, 0.05) is 35.4 Å². The first-order chi connectivity index (χ1) is 10.6. The number of amides is 3. The summed E-state index contributed by atoms with van der Waals surface area (Å²) in [6.45, 7) is 5.23. The molecule has 0 aliphatic carbocycles. The molecule has 2 aliphatic heterocycles. The fourth-order valence-corrected chi connectivity index (χ4v) is 3.34. The molecule has 0 saturated carbocycles. The molecule has 1 aromatic rings. The van der Waals surface area contributed by atoms with Crippen molar-refractivity contribution in [3.63, 3.8) is 0 Å². The summed E-state index contributed by atoms with van der Waals surface area (Å²) in [5.74, 6) is -0.615. The number of hydrogen-bond donors (Lipinski definition) is 3. The topological polar surface area (TPSA) is 98.7 Å². The average molecular weight is 317 g/mol. The summed E-state index contributed by atoms with van der Waals surface area (Å²) in [5, 5.41) is 15.1. The Hall–Kier alpha value is -2.57. The van der Waals surface area contributed by atoms with Gasteiger partial charge >= 0.3 is 6.09 Å². The van der Waals surface area contributed by atoms with Crippen LogP contribution in [0.25, 0.3) is 0 Å². The second-order valence-corrected chi connectivity index (χ2v) is 7.03. The first kappa shape index (κ1) is 15.3. The molecule has 7 heteroatoms. The highest BCUT2D eigenvalue weighted by atomic mass is 16.4. The highest BCUT2D eigenvalue weighted by molar-refractivity contribution is 6.14. The van der Waals surface area contributed by atoms with Crippen molar-refractivity contribution in [1.82, 2.24) is 4.90 Å². The van der Waals surface area contributed by atoms with Gasteiger partial charge in [-0.1, -0.05) is 6.07 Å². The van der Waals surface area contributed by atoms with E-state index in [1.807, 2.05) is 0 Å². The molecule has 3 rings (SSSR count). The molecule has 122 valence electrons. The van der Waals surface area contributed by atoms with E-state index in [1.54, 1.807) is 39.0 Å². The Morgan fingerprint density at radius 3 is 2.43 bits per heavy atom. The maximum Gasteiger partial charge on any atom is 0.407 e. The standard InChI is InChI=1S/C16H19N3O4/c1-15(2,3)19(14(22)23)8-16-7-11(20)17-9-5-4-6-10(12(9)16)18-13(16)21/h4-6H,7-8H2,1-3H3,(H,17,20)(H,18,21)(H,22,23). The predicted molar refractivity (Wildman–Crippen MR) is 84.5 cm³/mol. The molecule has 2 aliphatic rings. The Bertz CT molecular complexity index is 723. The van der Waals surface area contributed by atoms with E-state index in [4.69, 9.17) is 0 Å². The largest absolute Gasteiger partial charge is 0.465 e. The van der Waals surface area contributed by atoms with Crippen molar-refractivity contribution in [3.8, 4) is 0 Å². The molecule has 3 amide bonds. The van der Waals surface area contributed by atoms with Crippen molar-refractivity contribution in [3.05, 3.63) is 23.8 Å². The van der Waals surface area contributed by atoms with E-state index in [1.165, 1.54) is 4.90 Å². The quantitative estimate of drug-likeness (QED) is 0.777. The number of nitrogens with one attached hydrogen (secondary N) is 2. The average Bonchev–Trinajstić information content (AvgIpc) is 2.69. The second-order valence-electron chi connectivity index (χ2n) is 7.03. The Balaban J connectivity index is 2.14. The minimum Gasteiger partial charge on any atom is -0.465 e. The van der Waals surface area contributed by atoms with Gasteiger partial charge in [-0.05, 0) is 32.9 Å². The van der Waals surface area contributed by atoms with Crippen LogP contribution < -0.4 is 10.6 Å². The third kappa shape index (κ3) is 2.23. The van der Waals surface area contributed by atoms with Crippen molar-refractivity contribution in [2.45, 2.75) is 38.1 Å². The molecule has 0 fully saturated rings. The number of nitrogens with zero attached hydrogens (tertiary/aromatic N) is 1. The molecule has 23 heavy (non-hydrogen) atoms. The van der Waals surface area contributed by atoms with E-state index in [0.29, 0.717) is 16.9 Å². The maximum atomic E-state index is 12.7. The molecule has 1 unspecified atom stereocenters. The lowest BCUT2D eigenvalue weighted by molar-refractivity contribution is -0.127. The van der Waals surface area contributed by atoms with Crippen LogP contribution in [0.15, 0.2) is 18.2 Å². The van der Waals surface area contributed by atoms with Crippen molar-refractivity contribution in [2.75, 3.05) is 17.2 Å². The molecule has 0 aromatic heterocycles. The Morgan fingerprint density at radius 2 is 1.87 bits per heavy atom. The molecule has 2 heterocycles. The SMILES string of the molecule is CC(C)(C)N(CC12CC(=O)Nc3cccc(c31)NC2=O)C(=O)O. The van der Waals surface area contributed by atoms with Crippen molar-refractivity contribution in [2.24, 2.45) is 0 Å². The first-order valence-electron chi connectivity index (χ1n) is 7.40. The molecule has 7 nitrogen and oxygen atoms in total. The summed E-state index contributed by atoms with van der Waals surface area (Å²) in [4.78, 5) is 37.7. The molecule has 1 atom stereocenters. The maximum absolute atomic E-state index is 12.7. The summed E-state index contributed by atoms with van der Waals surface area (Å²) >= 11 is 0. The second kappa shape index (κ2) is 4.71. The van der Waals surface area contributed by atoms with Crippen LogP contribution >= 0.6 is 0 Å². The van der Waals surface area contributed by atoms with Gasteiger partial charge in [0.2, 0.25) is 11.8 Å². The van der Waals surface area contributed by atoms with Gasteiger partial charge in [0.1, 0.15) is 5.41 Å². The minimum absolute atomic E-state index is 0.0604. The lowest BCUT2D eigenvalue weighted by atomic mass is 9.74. The zero-order valence-electron chi connectivity index (χ0n) is 13.3. The van der Waals surface area contributed by atoms with Crippen LogP contribution in [0.4, 0.5) is 16.2 Å². The molecule has 0 spiro atoms. The zero-order chi connectivity index (χ0) is 17.0. The third-order valence-electron chi connectivity index (χ3n) is 4.43. The zero-order valence-corrected chi connectivity index (χ0v) is 13.3. The van der Waals surface area contributed by atoms with Gasteiger partial charge in [0.15, 0.2) is 0 Å². The van der Waals surface area contributed by atoms with Gasteiger partial charge in [-0.3, -0.25) is 9.59 Å². The number of carboxylic acid groups (broad SMARTS) is 1. The molecule has 3 N–H and O–H groups in total. The predicted octanol–water partition coefficient (Wildman–Crippen LogP) is 2.00. The van der Waals surface area contributed by atoms with Gasteiger partial charge in [-0.2, -0.15) is 0 Å². The lowest BCUT2D eigenvalue weighted by Crippen LogP contribution is -2.56. The van der Waals surface area contributed by atoms with E-state index in [9.17, 15) is 19.5 Å². The molecule has 1 aromatic carbocycles. The summed E-state index contributed by atoms with van der Waals surface area (Å²) in [6, 6.07) is 5.24. The van der Waals surface area contributed by atoms with Crippen LogP contribution in [-0.2, 0) is 15.0 Å². The lowest BCUT2D eigenvalue weighted by Gasteiger charge is -2.41. The molecule has 0 radical (unpaired) electrons. The smallest absolute Gasteiger partial charge is 0.407 e. The van der Waals surface area contributed by atoms with Crippen molar-refractivity contribution < 1.29 is 19.5 Å². The normalized spacial score (nSPS) is 22.2. The van der Waals surface area contributed by atoms with E-state index >= 15 is 0 Å². The Kier molecular flexibility index (Phi) is 3.14. The Morgan fingerprint density at radius 1 is 1.26 bits per heavy atom. The highest BCUT2D eigenvalue weighted by Gasteiger charge is 2.54. The minimum atomic E-state index is -1.18. The molecule has 0 saturated heterocycles. The number of carbonyl (C=O) groups is 3. The first-order valence-corrected chi connectivity index (χ1v) is 7.40. The van der Waals surface area contributed by atoms with E-state index in [2.05, 4.69) is 10.6 Å². The molecular weight excluding hydrogens is 298 g/mol. The fraction of sp³-hybridized carbons (Fsp3) is 0.438. The summed E-state index contributed by atoms with van der Waals surface area (Å²) in [6.07, 6.45) is -1.18. The molecular formula is C16H19N3O4. The van der Waals surface area contributed by atoms with Crippen LogP contribution in [0.3, 0.4) is 0 Å². The van der Waals surface area contributed by atoms with Gasteiger partial charge in [-0.15, -0.1) is 0 Å². The van der Waals surface area contributed by atoms with Gasteiger partial charge in [0.25, 0.3) is 0 Å². The van der Waals surface area contributed by atoms with E-state index < -0.39 is 17.0 Å². The number of rotatable bonds is 2. The number of hydrogen-bond acceptors (Lipinski definition) is 3. The fourth-order valence-electron chi connectivity index (χ4n) is 3.34. The van der Waals surface area contributed by atoms with E-state index in [0.717, 1.165) is 0 Å². The van der Waals surface area contributed by atoms with Gasteiger partial charge < -0.3 is 20.6 Å². The van der Waals surface area contributed by atoms with Gasteiger partial charge in [0.05, 0.1) is 0 Å². The summed E-state index contributed by atoms with van der Waals surface area (Å²) in [7, 11) is 0. The van der Waals surface area contributed by atoms with Crippen LogP contribution in [0.2, 0.25) is 0 Å². The van der Waals surface area contributed by atoms with Crippen LogP contribution in [0.5, 0.6) is 0 Å². The highest BCUT2D eigenvalue weighted by Crippen LogP contribution is 2.48. The van der Waals surface area contributed by atoms with Crippen molar-refractivity contribution in [1.29, 1.82) is 0 Å². The van der Waals surface area contributed by atoms with Crippen LogP contribution in [0, 0.1) is 0 Å². The Labute approximate surface area is 133 Å². The van der Waals surface area contributed by atoms with E-state index in [-0.39, 0.29) is 24.8 Å². The molecule has 0 bridgehead atoms. The van der Waals surface area contributed by atoms with Gasteiger partial charge in [-0.25, -0.2) is 4.79 Å². The number of carbonyl (C=O) groups excluding carboxylic acids is 2. The number of anilines is 2. The number of benzene rings is 1. The van der Waals surface area contributed by atoms with Crippen LogP contribution in [-0.4, -0.2) is 40.0 Å². The summed E-state index contributed by atoms with van der Waals surface area (Å²) < 4.78 is 0. The monoisotopic (exact) mass is 317 g/mol. The van der Waals surface area contributed by atoms with Crippen molar-refractivity contribution >= 4 is 29.3 Å². The summed E-state index contributed by atoms with van der Waals surface area (Å²) in [5.41, 5.74) is 0.00932. The van der Waals surface area contributed by atoms with Crippen LogP contribution in [0.1, 0.15) is 32.8 Å². The third-order valence-corrected chi connectivity index (χ3v) is 4.43.